The Balaban J connectivity index is 1.54. The standard InChI is InChI=1S/C29H27FN2O5S/c1-4-32-27(33)26(38-29(32)31-23-12-10-21(11-13-23)28(34)35-3)17-19-9-14-24(25(16-19)36-5-2)37-18-20-7-6-8-22(30)15-20/h6-17H,4-5,18H2,1-3H3/b26-17+,31-29?. The molecule has 3 aromatic rings. The number of nitrogens with zero attached hydrogens (tertiary/aromatic N) is 2. The van der Waals surface area contributed by atoms with Crippen LogP contribution in [0.3, 0.4) is 0 Å². The quantitative estimate of drug-likeness (QED) is 0.240. The Bertz CT molecular complexity index is 1390. The number of thioether (sulfide) groups is 1. The molecule has 3 aromatic carbocycles. The van der Waals surface area contributed by atoms with E-state index in [0.717, 1.165) is 5.56 Å². The molecule has 0 radical (unpaired) electrons. The van der Waals surface area contributed by atoms with E-state index in [1.54, 1.807) is 53.4 Å². The molecule has 0 aliphatic carbocycles. The van der Waals surface area contributed by atoms with Crippen LogP contribution in [-0.4, -0.2) is 42.2 Å². The lowest BCUT2D eigenvalue weighted by atomic mass is 10.1. The molecule has 7 nitrogen and oxygen atoms in total. The lowest BCUT2D eigenvalue weighted by molar-refractivity contribution is -0.122. The number of hydrogen-bond donors (Lipinski definition) is 0. The molecule has 1 heterocycles. The van der Waals surface area contributed by atoms with E-state index in [0.29, 0.717) is 51.5 Å². The average Bonchev–Trinajstić information content (AvgIpc) is 3.21. The predicted octanol–water partition coefficient (Wildman–Crippen LogP) is 6.21. The van der Waals surface area contributed by atoms with E-state index in [-0.39, 0.29) is 18.3 Å². The van der Waals surface area contributed by atoms with E-state index in [1.807, 2.05) is 26.0 Å². The van der Waals surface area contributed by atoms with Crippen molar-refractivity contribution < 1.29 is 28.2 Å². The van der Waals surface area contributed by atoms with Crippen LogP contribution in [-0.2, 0) is 16.1 Å². The van der Waals surface area contributed by atoms with Crippen molar-refractivity contribution in [1.29, 1.82) is 0 Å². The van der Waals surface area contributed by atoms with Crippen LogP contribution in [0.1, 0.15) is 35.3 Å². The second kappa shape index (κ2) is 12.4. The highest BCUT2D eigenvalue weighted by molar-refractivity contribution is 8.18. The van der Waals surface area contributed by atoms with E-state index in [2.05, 4.69) is 4.99 Å². The Kier molecular flexibility index (Phi) is 8.81. The highest BCUT2D eigenvalue weighted by Crippen LogP contribution is 2.36. The van der Waals surface area contributed by atoms with Gasteiger partial charge < -0.3 is 14.2 Å². The van der Waals surface area contributed by atoms with E-state index < -0.39 is 5.97 Å². The third-order valence-electron chi connectivity index (χ3n) is 5.57. The fourth-order valence-electron chi connectivity index (χ4n) is 3.71. The van der Waals surface area contributed by atoms with Crippen molar-refractivity contribution in [1.82, 2.24) is 4.90 Å². The molecule has 0 spiro atoms. The van der Waals surface area contributed by atoms with Gasteiger partial charge in [0, 0.05) is 6.54 Å². The summed E-state index contributed by atoms with van der Waals surface area (Å²) in [6.07, 6.45) is 1.79. The third-order valence-corrected chi connectivity index (χ3v) is 6.57. The fraction of sp³-hybridized carbons (Fsp3) is 0.207. The number of methoxy groups -OCH3 is 1. The number of amidine groups is 1. The Labute approximate surface area is 224 Å². The summed E-state index contributed by atoms with van der Waals surface area (Å²) >= 11 is 1.28. The summed E-state index contributed by atoms with van der Waals surface area (Å²) in [4.78, 5) is 31.5. The van der Waals surface area contributed by atoms with Gasteiger partial charge in [0.2, 0.25) is 0 Å². The summed E-state index contributed by atoms with van der Waals surface area (Å²) in [7, 11) is 1.33. The third kappa shape index (κ3) is 6.41. The summed E-state index contributed by atoms with van der Waals surface area (Å²) in [5.74, 6) is 0.162. The number of halogens is 1. The molecule has 0 atom stereocenters. The number of benzene rings is 3. The van der Waals surface area contributed by atoms with Crippen LogP contribution in [0.25, 0.3) is 6.08 Å². The number of hydrogen-bond acceptors (Lipinski definition) is 7. The molecule has 0 aromatic heterocycles. The number of ether oxygens (including phenoxy) is 3. The SMILES string of the molecule is CCOc1cc(/C=C2/SC(=Nc3ccc(C(=O)OC)cc3)N(CC)C2=O)ccc1OCc1cccc(F)c1. The molecule has 1 fully saturated rings. The zero-order chi connectivity index (χ0) is 27.1. The van der Waals surface area contributed by atoms with Crippen LogP contribution in [0, 0.1) is 5.82 Å². The topological polar surface area (TPSA) is 77.4 Å². The van der Waals surface area contributed by atoms with Crippen LogP contribution in [0.4, 0.5) is 10.1 Å². The van der Waals surface area contributed by atoms with Gasteiger partial charge in [0.15, 0.2) is 16.7 Å². The first-order valence-corrected chi connectivity index (χ1v) is 12.9. The summed E-state index contributed by atoms with van der Waals surface area (Å²) in [6.45, 7) is 4.84. The number of likely N-dealkylation sites (N-methyl/N-ethyl adjacent to an activating group) is 1. The van der Waals surface area contributed by atoms with Crippen LogP contribution < -0.4 is 9.47 Å². The molecular formula is C29H27FN2O5S. The number of esters is 1. The molecule has 196 valence electrons. The summed E-state index contributed by atoms with van der Waals surface area (Å²) in [5, 5.41) is 0.551. The highest BCUT2D eigenvalue weighted by atomic mass is 32.2. The van der Waals surface area contributed by atoms with Crippen LogP contribution >= 0.6 is 11.8 Å². The molecule has 38 heavy (non-hydrogen) atoms. The number of aliphatic imine (C=N–C) groups is 1. The van der Waals surface area contributed by atoms with Gasteiger partial charge in [-0.3, -0.25) is 9.69 Å². The zero-order valence-electron chi connectivity index (χ0n) is 21.3. The Hall–Kier alpha value is -4.11. The Morgan fingerprint density at radius 2 is 1.82 bits per heavy atom. The first-order chi connectivity index (χ1) is 18.4. The van der Waals surface area contributed by atoms with Gasteiger partial charge >= 0.3 is 5.97 Å². The lowest BCUT2D eigenvalue weighted by Gasteiger charge is -2.13. The first kappa shape index (κ1) is 26.9. The molecule has 0 N–H and O–H groups in total. The Morgan fingerprint density at radius 1 is 1.03 bits per heavy atom. The van der Waals surface area contributed by atoms with E-state index >= 15 is 0 Å². The van der Waals surface area contributed by atoms with Gasteiger partial charge in [0.05, 0.1) is 29.9 Å². The van der Waals surface area contributed by atoms with Crippen molar-refractivity contribution in [2.45, 2.75) is 20.5 Å². The predicted molar refractivity (Wildman–Crippen MR) is 146 cm³/mol. The lowest BCUT2D eigenvalue weighted by Crippen LogP contribution is -2.28. The molecule has 0 bridgehead atoms. The van der Waals surface area contributed by atoms with Gasteiger partial charge in [0.25, 0.3) is 5.91 Å². The summed E-state index contributed by atoms with van der Waals surface area (Å²) in [6, 6.07) is 18.3. The van der Waals surface area contributed by atoms with E-state index in [4.69, 9.17) is 14.2 Å². The maximum atomic E-state index is 13.5. The minimum atomic E-state index is -0.424. The molecule has 1 aliphatic heterocycles. The fourth-order valence-corrected chi connectivity index (χ4v) is 4.77. The second-order valence-electron chi connectivity index (χ2n) is 8.15. The van der Waals surface area contributed by atoms with Gasteiger partial charge in [-0.2, -0.15) is 0 Å². The van der Waals surface area contributed by atoms with Crippen molar-refractivity contribution in [2.75, 3.05) is 20.3 Å². The monoisotopic (exact) mass is 534 g/mol. The zero-order valence-corrected chi connectivity index (χ0v) is 22.1. The average molecular weight is 535 g/mol. The molecule has 1 aliphatic rings. The number of carbonyl (C=O) groups excluding carboxylic acids is 2. The summed E-state index contributed by atoms with van der Waals surface area (Å²) in [5.41, 5.74) is 2.51. The number of amides is 1. The molecular weight excluding hydrogens is 507 g/mol. The van der Waals surface area contributed by atoms with Crippen LogP contribution in [0.5, 0.6) is 11.5 Å². The van der Waals surface area contributed by atoms with Crippen molar-refractivity contribution in [3.63, 3.8) is 0 Å². The van der Waals surface area contributed by atoms with Gasteiger partial charge in [-0.05, 0) is 91.3 Å². The normalized spacial score (nSPS) is 15.3. The van der Waals surface area contributed by atoms with Gasteiger partial charge in [-0.15, -0.1) is 0 Å². The number of rotatable bonds is 9. The van der Waals surface area contributed by atoms with Gasteiger partial charge in [-0.1, -0.05) is 18.2 Å². The van der Waals surface area contributed by atoms with Gasteiger partial charge in [0.1, 0.15) is 12.4 Å². The molecule has 9 heteroatoms. The molecule has 0 saturated carbocycles. The minimum Gasteiger partial charge on any atom is -0.490 e. The van der Waals surface area contributed by atoms with Crippen molar-refractivity contribution in [3.05, 3.63) is 94.1 Å². The molecule has 4 rings (SSSR count). The highest BCUT2D eigenvalue weighted by Gasteiger charge is 2.32. The molecule has 1 saturated heterocycles. The van der Waals surface area contributed by atoms with E-state index in [1.165, 1.54) is 31.0 Å². The molecule has 0 unspecified atom stereocenters. The Morgan fingerprint density at radius 3 is 2.50 bits per heavy atom. The largest absolute Gasteiger partial charge is 0.490 e. The van der Waals surface area contributed by atoms with Crippen LogP contribution in [0.2, 0.25) is 0 Å². The maximum Gasteiger partial charge on any atom is 0.337 e. The van der Waals surface area contributed by atoms with Gasteiger partial charge in [-0.25, -0.2) is 14.2 Å². The maximum absolute atomic E-state index is 13.5. The smallest absolute Gasteiger partial charge is 0.337 e. The van der Waals surface area contributed by atoms with Crippen LogP contribution in [0.15, 0.2) is 76.6 Å². The molecule has 1 amide bonds. The first-order valence-electron chi connectivity index (χ1n) is 12.0. The van der Waals surface area contributed by atoms with Crippen molar-refractivity contribution >= 4 is 40.6 Å². The van der Waals surface area contributed by atoms with E-state index in [9.17, 15) is 14.0 Å². The summed E-state index contributed by atoms with van der Waals surface area (Å²) < 4.78 is 29.9. The van der Waals surface area contributed by atoms with Crippen molar-refractivity contribution in [3.8, 4) is 11.5 Å². The number of carbonyl (C=O) groups is 2. The van der Waals surface area contributed by atoms with Crippen molar-refractivity contribution in [2.24, 2.45) is 4.99 Å². The second-order valence-corrected chi connectivity index (χ2v) is 9.16. The minimum absolute atomic E-state index is 0.146.